The summed E-state index contributed by atoms with van der Waals surface area (Å²) < 4.78 is 6.64. The van der Waals surface area contributed by atoms with Gasteiger partial charge in [-0.3, -0.25) is 10.1 Å². The lowest BCUT2D eigenvalue weighted by Crippen LogP contribution is -2.22. The van der Waals surface area contributed by atoms with Gasteiger partial charge in [-0.05, 0) is 33.8 Å². The molecule has 1 N–H and O–H groups in total. The number of carbonyl (C=O) groups excluding carboxylic acids is 1. The third kappa shape index (κ3) is 3.34. The van der Waals surface area contributed by atoms with Crippen molar-refractivity contribution in [3.05, 3.63) is 29.2 Å². The van der Waals surface area contributed by atoms with Crippen molar-refractivity contribution >= 4 is 29.3 Å². The molecule has 0 bridgehead atoms. The fourth-order valence-electron chi connectivity index (χ4n) is 2.06. The molecule has 1 amide bonds. The van der Waals surface area contributed by atoms with Crippen LogP contribution in [0.3, 0.4) is 0 Å². The average Bonchev–Trinajstić information content (AvgIpc) is 3.05. The van der Waals surface area contributed by atoms with Crippen molar-refractivity contribution in [3.8, 4) is 0 Å². The highest BCUT2D eigenvalue weighted by Gasteiger charge is 2.19. The van der Waals surface area contributed by atoms with E-state index in [2.05, 4.69) is 25.5 Å². The lowest BCUT2D eigenvalue weighted by atomic mass is 10.4. The maximum absolute atomic E-state index is 12.2. The molecule has 0 saturated carbocycles. The van der Waals surface area contributed by atoms with Gasteiger partial charge in [-0.1, -0.05) is 16.9 Å². The van der Waals surface area contributed by atoms with E-state index in [0.717, 1.165) is 11.4 Å². The van der Waals surface area contributed by atoms with Crippen LogP contribution in [0, 0.1) is 20.8 Å². The average molecular weight is 332 g/mol. The van der Waals surface area contributed by atoms with Gasteiger partial charge in [-0.15, -0.1) is 5.10 Å². The summed E-state index contributed by atoms with van der Waals surface area (Å²) in [5.41, 5.74) is 2.53. The molecule has 3 aromatic heterocycles. The first-order valence-electron chi connectivity index (χ1n) is 7.04. The molecule has 0 aliphatic heterocycles. The van der Waals surface area contributed by atoms with E-state index in [9.17, 15) is 4.79 Å². The molecule has 0 aliphatic rings. The number of aromatic nitrogens is 5. The second kappa shape index (κ2) is 5.99. The van der Waals surface area contributed by atoms with E-state index in [1.165, 1.54) is 11.8 Å². The lowest BCUT2D eigenvalue weighted by Gasteiger charge is -2.07. The summed E-state index contributed by atoms with van der Waals surface area (Å²) in [5, 5.41) is 10.9. The van der Waals surface area contributed by atoms with Gasteiger partial charge < -0.3 is 4.52 Å². The molecule has 8 nitrogen and oxygen atoms in total. The van der Waals surface area contributed by atoms with Crippen LogP contribution in [0.25, 0.3) is 5.78 Å². The number of rotatable bonds is 4. The minimum atomic E-state index is -0.390. The molecular formula is C14H16N6O2S. The SMILES string of the molecule is Cc1cc(NC(=O)C(C)Sc2nc3nc(C)cc(C)n3n2)on1. The zero-order valence-electron chi connectivity index (χ0n) is 13.2. The lowest BCUT2D eigenvalue weighted by molar-refractivity contribution is -0.115. The molecule has 0 spiro atoms. The molecule has 0 saturated heterocycles. The Labute approximate surface area is 136 Å². The predicted octanol–water partition coefficient (Wildman–Crippen LogP) is 2.16. The van der Waals surface area contributed by atoms with Crippen molar-refractivity contribution in [3.63, 3.8) is 0 Å². The van der Waals surface area contributed by atoms with Gasteiger partial charge >= 0.3 is 0 Å². The van der Waals surface area contributed by atoms with E-state index in [1.807, 2.05) is 19.9 Å². The molecule has 1 atom stereocenters. The second-order valence-electron chi connectivity index (χ2n) is 5.23. The van der Waals surface area contributed by atoms with Crippen LogP contribution in [-0.2, 0) is 4.79 Å². The van der Waals surface area contributed by atoms with Crippen molar-refractivity contribution in [1.29, 1.82) is 0 Å². The highest BCUT2D eigenvalue weighted by Crippen LogP contribution is 2.22. The number of nitrogens with zero attached hydrogens (tertiary/aromatic N) is 5. The summed E-state index contributed by atoms with van der Waals surface area (Å²) in [6.07, 6.45) is 0. The Morgan fingerprint density at radius 2 is 2.04 bits per heavy atom. The normalized spacial score (nSPS) is 12.5. The van der Waals surface area contributed by atoms with Crippen molar-refractivity contribution in [2.24, 2.45) is 0 Å². The summed E-state index contributed by atoms with van der Waals surface area (Å²) >= 11 is 1.26. The van der Waals surface area contributed by atoms with Gasteiger partial charge in [0.15, 0.2) is 0 Å². The molecule has 3 aromatic rings. The first kappa shape index (κ1) is 15.5. The van der Waals surface area contributed by atoms with Crippen LogP contribution in [-0.4, -0.2) is 35.9 Å². The summed E-state index contributed by atoms with van der Waals surface area (Å²) in [4.78, 5) is 20.9. The van der Waals surface area contributed by atoms with Crippen LogP contribution in [0.4, 0.5) is 5.88 Å². The van der Waals surface area contributed by atoms with Gasteiger partial charge in [-0.2, -0.15) is 4.98 Å². The molecule has 3 heterocycles. The number of nitrogens with one attached hydrogen (secondary N) is 1. The smallest absolute Gasteiger partial charge is 0.253 e. The molecule has 23 heavy (non-hydrogen) atoms. The van der Waals surface area contributed by atoms with E-state index in [-0.39, 0.29) is 11.2 Å². The number of aryl methyl sites for hydroxylation is 3. The second-order valence-corrected chi connectivity index (χ2v) is 6.53. The Hall–Kier alpha value is -2.42. The maximum atomic E-state index is 12.2. The molecule has 120 valence electrons. The van der Waals surface area contributed by atoms with E-state index < -0.39 is 0 Å². The van der Waals surface area contributed by atoms with Crippen molar-refractivity contribution in [1.82, 2.24) is 24.7 Å². The Kier molecular flexibility index (Phi) is 4.03. The predicted molar refractivity (Wildman–Crippen MR) is 85.4 cm³/mol. The molecule has 1 unspecified atom stereocenters. The van der Waals surface area contributed by atoms with E-state index >= 15 is 0 Å². The highest BCUT2D eigenvalue weighted by molar-refractivity contribution is 8.00. The number of hydrogen-bond acceptors (Lipinski definition) is 7. The van der Waals surface area contributed by atoms with Gasteiger partial charge in [0.25, 0.3) is 5.78 Å². The first-order chi connectivity index (χ1) is 10.9. The zero-order chi connectivity index (χ0) is 16.6. The van der Waals surface area contributed by atoms with Crippen molar-refractivity contribution < 1.29 is 9.32 Å². The van der Waals surface area contributed by atoms with Gasteiger partial charge in [0.1, 0.15) is 0 Å². The van der Waals surface area contributed by atoms with Crippen LogP contribution in [0.5, 0.6) is 0 Å². The van der Waals surface area contributed by atoms with Gasteiger partial charge in [-0.25, -0.2) is 9.50 Å². The molecule has 9 heteroatoms. The van der Waals surface area contributed by atoms with Crippen LogP contribution < -0.4 is 5.32 Å². The number of carbonyl (C=O) groups is 1. The quantitative estimate of drug-likeness (QED) is 0.731. The number of hydrogen-bond donors (Lipinski definition) is 1. The fraction of sp³-hybridized carbons (Fsp3) is 0.357. The minimum absolute atomic E-state index is 0.203. The van der Waals surface area contributed by atoms with Crippen LogP contribution in [0.15, 0.2) is 21.8 Å². The van der Waals surface area contributed by atoms with Crippen molar-refractivity contribution in [2.75, 3.05) is 5.32 Å². The topological polar surface area (TPSA) is 98.2 Å². The number of thioether (sulfide) groups is 1. The molecule has 3 rings (SSSR count). The Balaban J connectivity index is 1.73. The Morgan fingerprint density at radius 1 is 1.26 bits per heavy atom. The molecule has 0 aromatic carbocycles. The summed E-state index contributed by atoms with van der Waals surface area (Å²) in [6, 6.07) is 3.59. The standard InChI is InChI=1S/C14H16N6O2S/c1-7-5-9(3)20-13(15-7)17-14(18-20)23-10(4)12(21)16-11-6-8(2)19-22-11/h5-6,10H,1-4H3,(H,16,21). The first-order valence-corrected chi connectivity index (χ1v) is 7.92. The summed E-state index contributed by atoms with van der Waals surface area (Å²) in [5.74, 6) is 0.658. The third-order valence-electron chi connectivity index (χ3n) is 3.12. The van der Waals surface area contributed by atoms with Gasteiger partial charge in [0.2, 0.25) is 16.9 Å². The monoisotopic (exact) mass is 332 g/mol. The number of amides is 1. The zero-order valence-corrected chi connectivity index (χ0v) is 14.0. The third-order valence-corrected chi connectivity index (χ3v) is 4.08. The Morgan fingerprint density at radius 3 is 2.74 bits per heavy atom. The van der Waals surface area contributed by atoms with Crippen LogP contribution >= 0.6 is 11.8 Å². The Bertz CT molecular complexity index is 871. The van der Waals surface area contributed by atoms with E-state index in [0.29, 0.717) is 22.5 Å². The minimum Gasteiger partial charge on any atom is -0.338 e. The maximum Gasteiger partial charge on any atom is 0.253 e. The summed E-state index contributed by atoms with van der Waals surface area (Å²) in [7, 11) is 0. The van der Waals surface area contributed by atoms with E-state index in [4.69, 9.17) is 4.52 Å². The van der Waals surface area contributed by atoms with Gasteiger partial charge in [0, 0.05) is 17.5 Å². The van der Waals surface area contributed by atoms with E-state index in [1.54, 1.807) is 24.4 Å². The fourth-order valence-corrected chi connectivity index (χ4v) is 2.80. The highest BCUT2D eigenvalue weighted by atomic mass is 32.2. The van der Waals surface area contributed by atoms with Crippen LogP contribution in [0.2, 0.25) is 0 Å². The van der Waals surface area contributed by atoms with Crippen molar-refractivity contribution in [2.45, 2.75) is 38.1 Å². The molecular weight excluding hydrogens is 316 g/mol. The largest absolute Gasteiger partial charge is 0.338 e. The summed E-state index contributed by atoms with van der Waals surface area (Å²) in [6.45, 7) is 7.41. The molecule has 0 radical (unpaired) electrons. The molecule has 0 aliphatic carbocycles. The van der Waals surface area contributed by atoms with Gasteiger partial charge in [0.05, 0.1) is 10.9 Å². The molecule has 0 fully saturated rings. The number of fused-ring (bicyclic) bond motifs is 1. The number of anilines is 1. The van der Waals surface area contributed by atoms with Crippen LogP contribution in [0.1, 0.15) is 24.0 Å².